The lowest BCUT2D eigenvalue weighted by atomic mass is 10.3. The van der Waals surface area contributed by atoms with Gasteiger partial charge in [0.2, 0.25) is 0 Å². The predicted molar refractivity (Wildman–Crippen MR) is 70.1 cm³/mol. The molecule has 0 radical (unpaired) electrons. The molecule has 0 aliphatic rings. The number of aromatic nitrogens is 2. The molecule has 2 unspecified atom stereocenters. The number of ether oxygens (including phenoxy) is 1. The number of hydrogen-bond donors (Lipinski definition) is 1. The Labute approximate surface area is 109 Å². The molecule has 0 saturated carbocycles. The van der Waals surface area contributed by atoms with Gasteiger partial charge in [0.05, 0.1) is 7.11 Å². The molecule has 100 valence electrons. The van der Waals surface area contributed by atoms with Crippen LogP contribution in [0.2, 0.25) is 0 Å². The van der Waals surface area contributed by atoms with Crippen molar-refractivity contribution in [2.45, 2.75) is 19.9 Å². The molecule has 0 aliphatic heterocycles. The van der Waals surface area contributed by atoms with Crippen LogP contribution in [0.15, 0.2) is 6.20 Å². The molecule has 1 heterocycles. The molecule has 0 amide bonds. The maximum atomic E-state index is 11.5. The van der Waals surface area contributed by atoms with Gasteiger partial charge in [0.15, 0.2) is 0 Å². The van der Waals surface area contributed by atoms with E-state index in [0.29, 0.717) is 17.4 Å². The molecule has 0 spiro atoms. The molecular formula is C11H17N3O3S. The van der Waals surface area contributed by atoms with E-state index in [-0.39, 0.29) is 11.6 Å². The van der Waals surface area contributed by atoms with Crippen molar-refractivity contribution in [2.24, 2.45) is 0 Å². The predicted octanol–water partition coefficient (Wildman–Crippen LogP) is 0.751. The summed E-state index contributed by atoms with van der Waals surface area (Å²) in [4.78, 5) is 19.7. The van der Waals surface area contributed by atoms with Crippen molar-refractivity contribution < 1.29 is 13.7 Å². The Kier molecular flexibility index (Phi) is 5.21. The van der Waals surface area contributed by atoms with Gasteiger partial charge in [-0.05, 0) is 13.8 Å². The summed E-state index contributed by atoms with van der Waals surface area (Å²) < 4.78 is 15.8. The molecule has 0 saturated heterocycles. The van der Waals surface area contributed by atoms with Crippen molar-refractivity contribution >= 4 is 22.6 Å². The van der Waals surface area contributed by atoms with E-state index in [2.05, 4.69) is 20.0 Å². The SMILES string of the molecule is COC(=O)c1cnc(C)nc1NC(C)CS(C)=O. The number of anilines is 1. The first kappa shape index (κ1) is 14.6. The van der Waals surface area contributed by atoms with E-state index < -0.39 is 16.8 Å². The average Bonchev–Trinajstić information content (AvgIpc) is 2.27. The van der Waals surface area contributed by atoms with Crippen LogP contribution in [-0.2, 0) is 15.5 Å². The van der Waals surface area contributed by atoms with Gasteiger partial charge in [0.1, 0.15) is 17.2 Å². The van der Waals surface area contributed by atoms with Crippen LogP contribution >= 0.6 is 0 Å². The minimum atomic E-state index is -0.916. The fraction of sp³-hybridized carbons (Fsp3) is 0.545. The lowest BCUT2D eigenvalue weighted by Crippen LogP contribution is -2.24. The lowest BCUT2D eigenvalue weighted by Gasteiger charge is -2.15. The maximum Gasteiger partial charge on any atom is 0.343 e. The van der Waals surface area contributed by atoms with Gasteiger partial charge in [0, 0.05) is 35.0 Å². The van der Waals surface area contributed by atoms with E-state index in [0.717, 1.165) is 0 Å². The van der Waals surface area contributed by atoms with E-state index >= 15 is 0 Å². The number of esters is 1. The molecule has 1 aromatic rings. The Hall–Kier alpha value is -1.50. The number of nitrogens with one attached hydrogen (secondary N) is 1. The van der Waals surface area contributed by atoms with E-state index in [1.165, 1.54) is 13.3 Å². The molecule has 0 aromatic carbocycles. The number of aryl methyl sites for hydroxylation is 1. The lowest BCUT2D eigenvalue weighted by molar-refractivity contribution is 0.0601. The maximum absolute atomic E-state index is 11.5. The molecule has 2 atom stereocenters. The van der Waals surface area contributed by atoms with Crippen LogP contribution in [0.1, 0.15) is 23.1 Å². The Morgan fingerprint density at radius 3 is 2.83 bits per heavy atom. The second-order valence-corrected chi connectivity index (χ2v) is 5.44. The van der Waals surface area contributed by atoms with Crippen LogP contribution in [0.4, 0.5) is 5.82 Å². The van der Waals surface area contributed by atoms with Crippen LogP contribution in [0.3, 0.4) is 0 Å². The summed E-state index contributed by atoms with van der Waals surface area (Å²) >= 11 is 0. The van der Waals surface area contributed by atoms with Gasteiger partial charge in [-0.1, -0.05) is 0 Å². The summed E-state index contributed by atoms with van der Waals surface area (Å²) in [6.07, 6.45) is 3.05. The topological polar surface area (TPSA) is 81.2 Å². The molecule has 0 fully saturated rings. The van der Waals surface area contributed by atoms with Gasteiger partial charge in [-0.3, -0.25) is 4.21 Å². The first-order valence-electron chi connectivity index (χ1n) is 5.42. The van der Waals surface area contributed by atoms with Crippen LogP contribution in [-0.4, -0.2) is 45.3 Å². The van der Waals surface area contributed by atoms with Gasteiger partial charge in [0.25, 0.3) is 0 Å². The zero-order valence-electron chi connectivity index (χ0n) is 10.9. The van der Waals surface area contributed by atoms with Crippen molar-refractivity contribution in [3.8, 4) is 0 Å². The number of hydrogen-bond acceptors (Lipinski definition) is 6. The first-order valence-corrected chi connectivity index (χ1v) is 7.15. The summed E-state index contributed by atoms with van der Waals surface area (Å²) in [6, 6.07) is -0.0615. The fourth-order valence-corrected chi connectivity index (χ4v) is 2.25. The highest BCUT2D eigenvalue weighted by Gasteiger charge is 2.16. The molecular weight excluding hydrogens is 254 g/mol. The Morgan fingerprint density at radius 2 is 2.28 bits per heavy atom. The molecule has 7 heteroatoms. The second-order valence-electron chi connectivity index (χ2n) is 3.96. The quantitative estimate of drug-likeness (QED) is 0.796. The minimum absolute atomic E-state index is 0.0615. The molecule has 0 bridgehead atoms. The summed E-state index contributed by atoms with van der Waals surface area (Å²) in [5.74, 6) is 0.938. The average molecular weight is 271 g/mol. The van der Waals surface area contributed by atoms with E-state index in [9.17, 15) is 9.00 Å². The van der Waals surface area contributed by atoms with Crippen molar-refractivity contribution in [3.05, 3.63) is 17.6 Å². The summed E-state index contributed by atoms with van der Waals surface area (Å²) in [7, 11) is 0.386. The van der Waals surface area contributed by atoms with Gasteiger partial charge in [-0.15, -0.1) is 0 Å². The zero-order chi connectivity index (χ0) is 13.7. The first-order chi connectivity index (χ1) is 8.43. The monoisotopic (exact) mass is 271 g/mol. The highest BCUT2D eigenvalue weighted by Crippen LogP contribution is 2.14. The van der Waals surface area contributed by atoms with E-state index in [4.69, 9.17) is 0 Å². The highest BCUT2D eigenvalue weighted by molar-refractivity contribution is 7.84. The van der Waals surface area contributed by atoms with E-state index in [1.807, 2.05) is 6.92 Å². The third-order valence-electron chi connectivity index (χ3n) is 2.18. The third-order valence-corrected chi connectivity index (χ3v) is 3.15. The molecule has 1 N–H and O–H groups in total. The van der Waals surface area contributed by atoms with Gasteiger partial charge in [-0.2, -0.15) is 0 Å². The second kappa shape index (κ2) is 6.44. The van der Waals surface area contributed by atoms with Crippen LogP contribution < -0.4 is 5.32 Å². The van der Waals surface area contributed by atoms with Crippen molar-refractivity contribution in [2.75, 3.05) is 24.4 Å². The Balaban J connectivity index is 2.95. The Morgan fingerprint density at radius 1 is 1.61 bits per heavy atom. The van der Waals surface area contributed by atoms with Gasteiger partial charge in [-0.25, -0.2) is 14.8 Å². The molecule has 6 nitrogen and oxygen atoms in total. The highest BCUT2D eigenvalue weighted by atomic mass is 32.2. The summed E-state index contributed by atoms with van der Waals surface area (Å²) in [5, 5.41) is 3.05. The number of methoxy groups -OCH3 is 1. The zero-order valence-corrected chi connectivity index (χ0v) is 11.7. The number of rotatable bonds is 5. The van der Waals surface area contributed by atoms with Crippen LogP contribution in [0.25, 0.3) is 0 Å². The normalized spacial score (nSPS) is 13.8. The van der Waals surface area contributed by atoms with Gasteiger partial charge < -0.3 is 10.1 Å². The van der Waals surface area contributed by atoms with Gasteiger partial charge >= 0.3 is 5.97 Å². The smallest absolute Gasteiger partial charge is 0.343 e. The fourth-order valence-electron chi connectivity index (χ4n) is 1.47. The Bertz CT molecular complexity index is 465. The molecule has 1 aromatic heterocycles. The van der Waals surface area contributed by atoms with Crippen molar-refractivity contribution in [3.63, 3.8) is 0 Å². The minimum Gasteiger partial charge on any atom is -0.465 e. The van der Waals surface area contributed by atoms with Crippen LogP contribution in [0.5, 0.6) is 0 Å². The molecule has 18 heavy (non-hydrogen) atoms. The number of carbonyl (C=O) groups excluding carboxylic acids is 1. The van der Waals surface area contributed by atoms with Crippen molar-refractivity contribution in [1.29, 1.82) is 0 Å². The van der Waals surface area contributed by atoms with Crippen LogP contribution in [0, 0.1) is 6.92 Å². The largest absolute Gasteiger partial charge is 0.465 e. The molecule has 0 aliphatic carbocycles. The summed E-state index contributed by atoms with van der Waals surface area (Å²) in [6.45, 7) is 3.61. The number of carbonyl (C=O) groups is 1. The number of nitrogens with zero attached hydrogens (tertiary/aromatic N) is 2. The standard InChI is InChI=1S/C11H17N3O3S/c1-7(6-18(4)16)13-10-9(11(15)17-3)5-12-8(2)14-10/h5,7H,6H2,1-4H3,(H,12,13,14). The van der Waals surface area contributed by atoms with E-state index in [1.54, 1.807) is 13.2 Å². The van der Waals surface area contributed by atoms with Crippen molar-refractivity contribution in [1.82, 2.24) is 9.97 Å². The molecule has 1 rings (SSSR count). The third kappa shape index (κ3) is 4.06. The summed E-state index contributed by atoms with van der Waals surface area (Å²) in [5.41, 5.74) is 0.275.